The van der Waals surface area contributed by atoms with E-state index in [4.69, 9.17) is 23.5 Å². The first kappa shape index (κ1) is 17.9. The highest BCUT2D eigenvalue weighted by Gasteiger charge is 2.52. The lowest BCUT2D eigenvalue weighted by molar-refractivity contribution is -0.186. The van der Waals surface area contributed by atoms with Crippen molar-refractivity contribution in [3.8, 4) is 0 Å². The van der Waals surface area contributed by atoms with E-state index in [9.17, 15) is 5.11 Å². The van der Waals surface area contributed by atoms with E-state index in [2.05, 4.69) is 0 Å². The molecular formula is C19H25BO6. The summed E-state index contributed by atoms with van der Waals surface area (Å²) in [5.41, 5.74) is 1.45. The second kappa shape index (κ2) is 5.73. The number of aliphatic hydroxyl groups is 1. The van der Waals surface area contributed by atoms with E-state index in [1.54, 1.807) is 0 Å². The molecule has 0 atom stereocenters. The van der Waals surface area contributed by atoms with E-state index in [0.717, 1.165) is 22.2 Å². The van der Waals surface area contributed by atoms with Gasteiger partial charge in [-0.15, -0.1) is 0 Å². The first-order valence-corrected chi connectivity index (χ1v) is 8.90. The van der Waals surface area contributed by atoms with Crippen LogP contribution in [-0.4, -0.2) is 36.6 Å². The summed E-state index contributed by atoms with van der Waals surface area (Å²) in [6, 6.07) is 3.94. The molecule has 0 radical (unpaired) electrons. The van der Waals surface area contributed by atoms with E-state index in [-0.39, 0.29) is 13.2 Å². The number of benzene rings is 1. The highest BCUT2D eigenvalue weighted by molar-refractivity contribution is 6.62. The molecular weight excluding hydrogens is 335 g/mol. The fourth-order valence-corrected chi connectivity index (χ4v) is 3.47. The van der Waals surface area contributed by atoms with Gasteiger partial charge < -0.3 is 28.6 Å². The molecule has 4 rings (SSSR count). The zero-order chi connectivity index (χ0) is 18.7. The van der Waals surface area contributed by atoms with Crippen molar-refractivity contribution in [2.45, 2.75) is 57.7 Å². The Labute approximate surface area is 154 Å². The fraction of sp³-hybridized carbons (Fsp3) is 0.579. The number of rotatable bonds is 3. The molecule has 3 heterocycles. The molecule has 2 fully saturated rings. The molecule has 3 aliphatic heterocycles. The summed E-state index contributed by atoms with van der Waals surface area (Å²) in [5.74, 6) is 0. The maximum Gasteiger partial charge on any atom is 0.494 e. The summed E-state index contributed by atoms with van der Waals surface area (Å²) in [6.45, 7) is 10.5. The zero-order valence-corrected chi connectivity index (χ0v) is 15.9. The van der Waals surface area contributed by atoms with Crippen LogP contribution < -0.4 is 5.46 Å². The summed E-state index contributed by atoms with van der Waals surface area (Å²) in [5, 5.41) is 11.0. The van der Waals surface area contributed by atoms with Crippen LogP contribution in [0.5, 0.6) is 0 Å². The van der Waals surface area contributed by atoms with Gasteiger partial charge in [-0.3, -0.25) is 0 Å². The van der Waals surface area contributed by atoms with Gasteiger partial charge in [0.25, 0.3) is 6.29 Å². The molecule has 26 heavy (non-hydrogen) atoms. The SMILES string of the molecule is Cc1cc(B2OC(C)(C)C(C)(C)O2)cc(C2(O)COC2)c1C1OC=CO1. The van der Waals surface area contributed by atoms with Crippen molar-refractivity contribution in [1.82, 2.24) is 0 Å². The van der Waals surface area contributed by atoms with Crippen LogP contribution in [0, 0.1) is 6.92 Å². The van der Waals surface area contributed by atoms with Crippen molar-refractivity contribution < 1.29 is 28.6 Å². The Morgan fingerprint density at radius 1 is 1.00 bits per heavy atom. The Morgan fingerprint density at radius 3 is 2.08 bits per heavy atom. The van der Waals surface area contributed by atoms with Crippen LogP contribution >= 0.6 is 0 Å². The minimum absolute atomic E-state index is 0.242. The summed E-state index contributed by atoms with van der Waals surface area (Å²) in [6.07, 6.45) is 2.45. The monoisotopic (exact) mass is 360 g/mol. The smallest absolute Gasteiger partial charge is 0.455 e. The Morgan fingerprint density at radius 2 is 1.58 bits per heavy atom. The van der Waals surface area contributed by atoms with E-state index in [1.165, 1.54) is 12.5 Å². The van der Waals surface area contributed by atoms with Gasteiger partial charge in [-0.25, -0.2) is 0 Å². The first-order chi connectivity index (χ1) is 12.1. The van der Waals surface area contributed by atoms with E-state index < -0.39 is 30.2 Å². The van der Waals surface area contributed by atoms with Crippen molar-refractivity contribution in [1.29, 1.82) is 0 Å². The number of hydrogen-bond acceptors (Lipinski definition) is 6. The second-order valence-corrected chi connectivity index (χ2v) is 8.29. The van der Waals surface area contributed by atoms with Crippen molar-refractivity contribution in [3.63, 3.8) is 0 Å². The molecule has 0 amide bonds. The molecule has 1 N–H and O–H groups in total. The van der Waals surface area contributed by atoms with Crippen LogP contribution in [0.1, 0.15) is 50.7 Å². The lowest BCUT2D eigenvalue weighted by Gasteiger charge is -2.39. The number of ether oxygens (including phenoxy) is 3. The van der Waals surface area contributed by atoms with Gasteiger partial charge in [0.05, 0.1) is 24.4 Å². The highest BCUT2D eigenvalue weighted by atomic mass is 16.7. The maximum atomic E-state index is 11.0. The first-order valence-electron chi connectivity index (χ1n) is 8.90. The van der Waals surface area contributed by atoms with Gasteiger partial charge in [0.1, 0.15) is 18.1 Å². The molecule has 0 aromatic heterocycles. The molecule has 3 aliphatic rings. The van der Waals surface area contributed by atoms with Gasteiger partial charge in [-0.2, -0.15) is 0 Å². The van der Waals surface area contributed by atoms with Gasteiger partial charge in [-0.1, -0.05) is 12.1 Å². The lowest BCUT2D eigenvalue weighted by Crippen LogP contribution is -2.48. The predicted molar refractivity (Wildman–Crippen MR) is 95.7 cm³/mol. The van der Waals surface area contributed by atoms with E-state index in [0.29, 0.717) is 0 Å². The largest absolute Gasteiger partial charge is 0.494 e. The topological polar surface area (TPSA) is 66.4 Å². The minimum atomic E-state index is -1.06. The van der Waals surface area contributed by atoms with E-state index in [1.807, 2.05) is 46.8 Å². The second-order valence-electron chi connectivity index (χ2n) is 8.29. The van der Waals surface area contributed by atoms with Crippen molar-refractivity contribution >= 4 is 12.6 Å². The van der Waals surface area contributed by atoms with Crippen LogP contribution in [0.25, 0.3) is 0 Å². The molecule has 0 aliphatic carbocycles. The summed E-state index contributed by atoms with van der Waals surface area (Å²) in [7, 11) is -0.500. The normalized spacial score (nSPS) is 25.7. The molecule has 2 saturated heterocycles. The Balaban J connectivity index is 1.76. The van der Waals surface area contributed by atoms with Crippen molar-refractivity contribution in [3.05, 3.63) is 41.3 Å². The molecule has 0 unspecified atom stereocenters. The van der Waals surface area contributed by atoms with Gasteiger partial charge in [0.15, 0.2) is 0 Å². The molecule has 6 nitrogen and oxygen atoms in total. The van der Waals surface area contributed by atoms with Crippen LogP contribution in [-0.2, 0) is 29.1 Å². The average molecular weight is 360 g/mol. The highest BCUT2D eigenvalue weighted by Crippen LogP contribution is 2.40. The van der Waals surface area contributed by atoms with Crippen LogP contribution in [0.4, 0.5) is 0 Å². The minimum Gasteiger partial charge on any atom is -0.455 e. The molecule has 7 heteroatoms. The standard InChI is InChI=1S/C19H25BO6/c1-12-8-13(20-25-17(2,3)18(4,5)26-20)9-14(19(21)10-22-11-19)15(12)16-23-6-7-24-16/h6-9,16,21H,10-11H2,1-5H3. The van der Waals surface area contributed by atoms with Crippen LogP contribution in [0.2, 0.25) is 0 Å². The maximum absolute atomic E-state index is 11.0. The lowest BCUT2D eigenvalue weighted by atomic mass is 9.73. The summed E-state index contributed by atoms with van der Waals surface area (Å²) >= 11 is 0. The van der Waals surface area contributed by atoms with Crippen molar-refractivity contribution in [2.24, 2.45) is 0 Å². The molecule has 0 bridgehead atoms. The Kier molecular flexibility index (Phi) is 3.93. The fourth-order valence-electron chi connectivity index (χ4n) is 3.47. The average Bonchev–Trinajstić information content (AvgIpc) is 3.11. The van der Waals surface area contributed by atoms with Crippen LogP contribution in [0.15, 0.2) is 24.7 Å². The van der Waals surface area contributed by atoms with Gasteiger partial charge in [0, 0.05) is 5.56 Å². The molecule has 140 valence electrons. The van der Waals surface area contributed by atoms with Crippen molar-refractivity contribution in [2.75, 3.05) is 13.2 Å². The summed E-state index contributed by atoms with van der Waals surface area (Å²) in [4.78, 5) is 0. The van der Waals surface area contributed by atoms with Gasteiger partial charge in [-0.05, 0) is 51.2 Å². The third-order valence-electron chi connectivity index (χ3n) is 5.81. The molecule has 0 saturated carbocycles. The third kappa shape index (κ3) is 2.65. The van der Waals surface area contributed by atoms with Gasteiger partial charge >= 0.3 is 7.12 Å². The van der Waals surface area contributed by atoms with E-state index >= 15 is 0 Å². The number of aryl methyl sites for hydroxylation is 1. The third-order valence-corrected chi connectivity index (χ3v) is 5.81. The molecule has 1 aromatic carbocycles. The van der Waals surface area contributed by atoms with Gasteiger partial charge in [0.2, 0.25) is 0 Å². The number of hydrogen-bond donors (Lipinski definition) is 1. The predicted octanol–water partition coefficient (Wildman–Crippen LogP) is 2.03. The summed E-state index contributed by atoms with van der Waals surface area (Å²) < 4.78 is 28.7. The quantitative estimate of drug-likeness (QED) is 0.833. The Hall–Kier alpha value is -1.54. The molecule has 0 spiro atoms. The molecule has 1 aromatic rings. The zero-order valence-electron chi connectivity index (χ0n) is 15.9. The van der Waals surface area contributed by atoms with Crippen LogP contribution in [0.3, 0.4) is 0 Å². The Bertz CT molecular complexity index is 729.